The molecule has 0 aliphatic carbocycles. The Morgan fingerprint density at radius 1 is 1.60 bits per heavy atom. The van der Waals surface area contributed by atoms with Crippen molar-refractivity contribution in [2.45, 2.75) is 19.4 Å². The van der Waals surface area contributed by atoms with Gasteiger partial charge in [0.05, 0.1) is 0 Å². The van der Waals surface area contributed by atoms with Gasteiger partial charge in [-0.15, -0.1) is 0 Å². The first-order valence-electron chi connectivity index (χ1n) is 4.81. The molecule has 1 unspecified atom stereocenters. The van der Waals surface area contributed by atoms with Crippen LogP contribution in [0.3, 0.4) is 0 Å². The summed E-state index contributed by atoms with van der Waals surface area (Å²) in [5.41, 5.74) is 5.31. The number of nitrogens with one attached hydrogen (secondary N) is 1. The van der Waals surface area contributed by atoms with E-state index in [1.54, 1.807) is 25.1 Å². The summed E-state index contributed by atoms with van der Waals surface area (Å²) in [6, 6.07) is 7.14. The molecule has 15 heavy (non-hydrogen) atoms. The van der Waals surface area contributed by atoms with Crippen LogP contribution in [-0.2, 0) is 10.3 Å². The van der Waals surface area contributed by atoms with E-state index in [0.717, 1.165) is 5.56 Å². The number of likely N-dealkylation sites (N-methyl/N-ethyl adjacent to an activating group) is 1. The van der Waals surface area contributed by atoms with Crippen molar-refractivity contribution in [1.29, 1.82) is 0 Å². The molecular formula is C11H15ClN2O. The molecule has 0 saturated heterocycles. The summed E-state index contributed by atoms with van der Waals surface area (Å²) in [7, 11) is 0. The van der Waals surface area contributed by atoms with Crippen molar-refractivity contribution in [3.05, 3.63) is 34.9 Å². The maximum atomic E-state index is 11.4. The third-order valence-corrected chi connectivity index (χ3v) is 2.66. The molecule has 3 N–H and O–H groups in total. The van der Waals surface area contributed by atoms with E-state index >= 15 is 0 Å². The number of carbonyl (C=O) groups is 1. The molecule has 0 bridgehead atoms. The molecule has 3 nitrogen and oxygen atoms in total. The van der Waals surface area contributed by atoms with E-state index in [0.29, 0.717) is 11.6 Å². The van der Waals surface area contributed by atoms with Gasteiger partial charge in [0.1, 0.15) is 5.54 Å². The summed E-state index contributed by atoms with van der Waals surface area (Å²) in [4.78, 5) is 11.4. The Balaban J connectivity index is 3.15. The first-order chi connectivity index (χ1) is 7.00. The third-order valence-electron chi connectivity index (χ3n) is 2.43. The molecule has 0 aliphatic rings. The molecule has 0 heterocycles. The topological polar surface area (TPSA) is 55.1 Å². The highest BCUT2D eigenvalue weighted by molar-refractivity contribution is 6.30. The Hall–Kier alpha value is -1.06. The molecule has 1 aromatic carbocycles. The molecule has 0 aliphatic heterocycles. The number of halogens is 1. The normalized spacial score (nSPS) is 14.6. The number of carbonyl (C=O) groups excluding carboxylic acids is 1. The second-order valence-electron chi connectivity index (χ2n) is 3.53. The minimum Gasteiger partial charge on any atom is -0.368 e. The fraction of sp³-hybridized carbons (Fsp3) is 0.364. The minimum atomic E-state index is -0.861. The summed E-state index contributed by atoms with van der Waals surface area (Å²) in [6.45, 7) is 4.34. The van der Waals surface area contributed by atoms with Crippen LogP contribution >= 0.6 is 11.6 Å². The molecule has 0 fully saturated rings. The lowest BCUT2D eigenvalue weighted by atomic mass is 9.91. The molecule has 1 rings (SSSR count). The summed E-state index contributed by atoms with van der Waals surface area (Å²) in [5, 5.41) is 3.66. The highest BCUT2D eigenvalue weighted by Crippen LogP contribution is 2.23. The summed E-state index contributed by atoms with van der Waals surface area (Å²) in [5.74, 6) is -0.411. The Labute approximate surface area is 94.6 Å². The van der Waals surface area contributed by atoms with Gasteiger partial charge in [-0.1, -0.05) is 30.7 Å². The molecular weight excluding hydrogens is 212 g/mol. The number of nitrogens with two attached hydrogens (primary N) is 1. The van der Waals surface area contributed by atoms with Crippen molar-refractivity contribution < 1.29 is 4.79 Å². The van der Waals surface area contributed by atoms with Crippen LogP contribution in [0, 0.1) is 0 Å². The summed E-state index contributed by atoms with van der Waals surface area (Å²) >= 11 is 5.88. The Morgan fingerprint density at radius 3 is 2.73 bits per heavy atom. The van der Waals surface area contributed by atoms with Gasteiger partial charge >= 0.3 is 0 Å². The zero-order valence-electron chi connectivity index (χ0n) is 8.88. The predicted octanol–water partition coefficient (Wildman–Crippen LogP) is 1.65. The number of rotatable bonds is 4. The zero-order valence-corrected chi connectivity index (χ0v) is 9.64. The SMILES string of the molecule is CCNC(C)(C(N)=O)c1cccc(Cl)c1. The molecule has 0 aromatic heterocycles. The molecule has 0 saturated carbocycles. The van der Waals surface area contributed by atoms with Crippen molar-refractivity contribution in [1.82, 2.24) is 5.32 Å². The van der Waals surface area contributed by atoms with Crippen LogP contribution in [0.15, 0.2) is 24.3 Å². The number of hydrogen-bond acceptors (Lipinski definition) is 2. The average Bonchev–Trinajstić information content (AvgIpc) is 2.17. The smallest absolute Gasteiger partial charge is 0.242 e. The summed E-state index contributed by atoms with van der Waals surface area (Å²) < 4.78 is 0. The van der Waals surface area contributed by atoms with Crippen molar-refractivity contribution >= 4 is 17.5 Å². The number of primary amides is 1. The van der Waals surface area contributed by atoms with Crippen molar-refractivity contribution in [3.63, 3.8) is 0 Å². The predicted molar refractivity (Wildman–Crippen MR) is 61.7 cm³/mol. The van der Waals surface area contributed by atoms with Crippen LogP contribution in [0.1, 0.15) is 19.4 Å². The van der Waals surface area contributed by atoms with Gasteiger partial charge in [-0.2, -0.15) is 0 Å². The van der Waals surface area contributed by atoms with E-state index in [-0.39, 0.29) is 0 Å². The van der Waals surface area contributed by atoms with Crippen molar-refractivity contribution in [2.24, 2.45) is 5.73 Å². The largest absolute Gasteiger partial charge is 0.368 e. The lowest BCUT2D eigenvalue weighted by Gasteiger charge is -2.27. The number of amides is 1. The highest BCUT2D eigenvalue weighted by atomic mass is 35.5. The van der Waals surface area contributed by atoms with E-state index in [1.165, 1.54) is 0 Å². The molecule has 1 aromatic rings. The lowest BCUT2D eigenvalue weighted by molar-refractivity contribution is -0.124. The third kappa shape index (κ3) is 2.49. The average molecular weight is 227 g/mol. The summed E-state index contributed by atoms with van der Waals surface area (Å²) in [6.07, 6.45) is 0. The highest BCUT2D eigenvalue weighted by Gasteiger charge is 2.31. The maximum Gasteiger partial charge on any atom is 0.242 e. The first kappa shape index (κ1) is 12.0. The number of hydrogen-bond donors (Lipinski definition) is 2. The van der Waals surface area contributed by atoms with Crippen molar-refractivity contribution in [3.8, 4) is 0 Å². The molecule has 82 valence electrons. The van der Waals surface area contributed by atoms with Gasteiger partial charge in [0.2, 0.25) is 5.91 Å². The van der Waals surface area contributed by atoms with E-state index in [1.807, 2.05) is 13.0 Å². The second-order valence-corrected chi connectivity index (χ2v) is 3.97. The standard InChI is InChI=1S/C11H15ClN2O/c1-3-14-11(2,10(13)15)8-5-4-6-9(12)7-8/h4-7,14H,3H2,1-2H3,(H2,13,15). The molecule has 1 amide bonds. The molecule has 4 heteroatoms. The molecule has 0 radical (unpaired) electrons. The fourth-order valence-electron chi connectivity index (χ4n) is 1.48. The number of benzene rings is 1. The van der Waals surface area contributed by atoms with Crippen LogP contribution < -0.4 is 11.1 Å². The van der Waals surface area contributed by atoms with Gasteiger partial charge in [-0.3, -0.25) is 4.79 Å². The van der Waals surface area contributed by atoms with E-state index in [2.05, 4.69) is 5.32 Å². The van der Waals surface area contributed by atoms with Crippen LogP contribution in [0.2, 0.25) is 5.02 Å². The van der Waals surface area contributed by atoms with Crippen molar-refractivity contribution in [2.75, 3.05) is 6.54 Å². The van der Waals surface area contributed by atoms with Crippen LogP contribution in [0.25, 0.3) is 0 Å². The molecule has 0 spiro atoms. The Morgan fingerprint density at radius 2 is 2.27 bits per heavy atom. The quantitative estimate of drug-likeness (QED) is 0.820. The zero-order chi connectivity index (χ0) is 11.5. The fourth-order valence-corrected chi connectivity index (χ4v) is 1.67. The molecule has 1 atom stereocenters. The van der Waals surface area contributed by atoms with Gasteiger partial charge in [0.15, 0.2) is 0 Å². The van der Waals surface area contributed by atoms with Gasteiger partial charge in [-0.25, -0.2) is 0 Å². The van der Waals surface area contributed by atoms with Gasteiger partial charge in [-0.05, 0) is 31.2 Å². The second kappa shape index (κ2) is 4.64. The van der Waals surface area contributed by atoms with Crippen LogP contribution in [0.4, 0.5) is 0 Å². The van der Waals surface area contributed by atoms with Gasteiger partial charge in [0.25, 0.3) is 0 Å². The van der Waals surface area contributed by atoms with Crippen LogP contribution in [-0.4, -0.2) is 12.5 Å². The minimum absolute atomic E-state index is 0.411. The van der Waals surface area contributed by atoms with Gasteiger partial charge < -0.3 is 11.1 Å². The first-order valence-corrected chi connectivity index (χ1v) is 5.19. The van der Waals surface area contributed by atoms with E-state index < -0.39 is 11.4 Å². The Kier molecular flexibility index (Phi) is 3.72. The van der Waals surface area contributed by atoms with E-state index in [9.17, 15) is 4.79 Å². The lowest BCUT2D eigenvalue weighted by Crippen LogP contribution is -2.50. The van der Waals surface area contributed by atoms with Crippen LogP contribution in [0.5, 0.6) is 0 Å². The van der Waals surface area contributed by atoms with E-state index in [4.69, 9.17) is 17.3 Å². The monoisotopic (exact) mass is 226 g/mol. The maximum absolute atomic E-state index is 11.4. The Bertz CT molecular complexity index is 367. The van der Waals surface area contributed by atoms with Gasteiger partial charge in [0, 0.05) is 5.02 Å².